The van der Waals surface area contributed by atoms with Crippen molar-refractivity contribution in [1.29, 1.82) is 0 Å². The molecule has 1 unspecified atom stereocenters. The summed E-state index contributed by atoms with van der Waals surface area (Å²) >= 11 is 6.27. The number of nitrogens with zero attached hydrogens (tertiary/aromatic N) is 3. The highest BCUT2D eigenvalue weighted by Gasteiger charge is 2.18. The lowest BCUT2D eigenvalue weighted by Gasteiger charge is -2.12. The van der Waals surface area contributed by atoms with E-state index in [4.69, 9.17) is 11.6 Å². The van der Waals surface area contributed by atoms with E-state index >= 15 is 0 Å². The second kappa shape index (κ2) is 6.32. The molecular formula is C18H18ClN3. The van der Waals surface area contributed by atoms with Gasteiger partial charge >= 0.3 is 0 Å². The second-order valence-corrected chi connectivity index (χ2v) is 5.92. The monoisotopic (exact) mass is 311 g/mol. The van der Waals surface area contributed by atoms with Crippen molar-refractivity contribution in [3.63, 3.8) is 0 Å². The van der Waals surface area contributed by atoms with Crippen LogP contribution in [0.2, 0.25) is 5.02 Å². The maximum atomic E-state index is 6.27. The van der Waals surface area contributed by atoms with Crippen LogP contribution in [-0.4, -0.2) is 14.8 Å². The molecule has 1 heterocycles. The van der Waals surface area contributed by atoms with Gasteiger partial charge in [0.2, 0.25) is 0 Å². The Kier molecular flexibility index (Phi) is 4.25. The van der Waals surface area contributed by atoms with E-state index in [0.717, 1.165) is 23.6 Å². The molecule has 0 aliphatic carbocycles. The predicted octanol–water partition coefficient (Wildman–Crippen LogP) is 4.48. The number of hydrogen-bond donors (Lipinski definition) is 0. The third-order valence-electron chi connectivity index (χ3n) is 3.85. The van der Waals surface area contributed by atoms with Crippen molar-refractivity contribution < 1.29 is 0 Å². The number of rotatable bonds is 4. The Balaban J connectivity index is 1.89. The summed E-state index contributed by atoms with van der Waals surface area (Å²) in [4.78, 5) is 0. The Labute approximate surface area is 135 Å². The quantitative estimate of drug-likeness (QED) is 0.711. The fraction of sp³-hybridized carbons (Fsp3) is 0.222. The molecule has 0 radical (unpaired) electrons. The largest absolute Gasteiger partial charge is 0.314 e. The summed E-state index contributed by atoms with van der Waals surface area (Å²) in [6.45, 7) is 2.17. The first-order valence-corrected chi connectivity index (χ1v) is 7.72. The van der Waals surface area contributed by atoms with Gasteiger partial charge in [0.1, 0.15) is 5.82 Å². The van der Waals surface area contributed by atoms with E-state index in [1.807, 2.05) is 41.9 Å². The van der Waals surface area contributed by atoms with Crippen molar-refractivity contribution in [2.24, 2.45) is 7.05 Å². The highest BCUT2D eigenvalue weighted by Crippen LogP contribution is 2.28. The van der Waals surface area contributed by atoms with Crippen LogP contribution in [0.3, 0.4) is 0 Å². The van der Waals surface area contributed by atoms with Gasteiger partial charge in [0.15, 0.2) is 5.82 Å². The van der Waals surface area contributed by atoms with Gasteiger partial charge in [0.25, 0.3) is 0 Å². The Morgan fingerprint density at radius 1 is 1.00 bits per heavy atom. The van der Waals surface area contributed by atoms with Gasteiger partial charge in [-0.1, -0.05) is 61.0 Å². The summed E-state index contributed by atoms with van der Waals surface area (Å²) in [6, 6.07) is 18.2. The molecular weight excluding hydrogens is 294 g/mol. The van der Waals surface area contributed by atoms with E-state index < -0.39 is 0 Å². The third-order valence-corrected chi connectivity index (χ3v) is 4.18. The SMILES string of the molecule is CC(Cc1ccccc1)c1nnc(-c2ccccc2Cl)n1C. The summed E-state index contributed by atoms with van der Waals surface area (Å²) < 4.78 is 2.04. The summed E-state index contributed by atoms with van der Waals surface area (Å²) in [5.74, 6) is 2.07. The molecule has 2 aromatic carbocycles. The summed E-state index contributed by atoms with van der Waals surface area (Å²) in [5.41, 5.74) is 2.22. The Hall–Kier alpha value is -2.13. The molecule has 0 spiro atoms. The van der Waals surface area contributed by atoms with Crippen molar-refractivity contribution in [2.45, 2.75) is 19.3 Å². The minimum absolute atomic E-state index is 0.288. The van der Waals surface area contributed by atoms with Crippen LogP contribution in [0.1, 0.15) is 24.2 Å². The van der Waals surface area contributed by atoms with Crippen molar-refractivity contribution in [3.8, 4) is 11.4 Å². The van der Waals surface area contributed by atoms with Crippen LogP contribution < -0.4 is 0 Å². The first-order chi connectivity index (χ1) is 10.7. The highest BCUT2D eigenvalue weighted by atomic mass is 35.5. The fourth-order valence-corrected chi connectivity index (χ4v) is 2.93. The standard InChI is InChI=1S/C18H18ClN3/c1-13(12-14-8-4-3-5-9-14)17-20-21-18(22(17)2)15-10-6-7-11-16(15)19/h3-11,13H,12H2,1-2H3. The molecule has 4 heteroatoms. The van der Waals surface area contributed by atoms with Gasteiger partial charge in [-0.25, -0.2) is 0 Å². The molecule has 0 saturated carbocycles. The lowest BCUT2D eigenvalue weighted by Crippen LogP contribution is -2.07. The molecule has 0 bridgehead atoms. The Bertz CT molecular complexity index is 765. The van der Waals surface area contributed by atoms with Crippen molar-refractivity contribution in [1.82, 2.24) is 14.8 Å². The third kappa shape index (κ3) is 2.90. The molecule has 0 aliphatic rings. The van der Waals surface area contributed by atoms with E-state index in [1.165, 1.54) is 5.56 Å². The van der Waals surface area contributed by atoms with Crippen LogP contribution in [0.25, 0.3) is 11.4 Å². The van der Waals surface area contributed by atoms with Crippen LogP contribution in [0.5, 0.6) is 0 Å². The molecule has 0 amide bonds. The normalized spacial score (nSPS) is 12.3. The molecule has 1 aromatic heterocycles. The average molecular weight is 312 g/mol. The topological polar surface area (TPSA) is 30.7 Å². The molecule has 0 aliphatic heterocycles. The summed E-state index contributed by atoms with van der Waals surface area (Å²) in [7, 11) is 2.00. The first-order valence-electron chi connectivity index (χ1n) is 7.35. The summed E-state index contributed by atoms with van der Waals surface area (Å²) in [6.07, 6.45) is 0.940. The molecule has 1 atom stereocenters. The molecule has 112 valence electrons. The maximum absolute atomic E-state index is 6.27. The average Bonchev–Trinajstić information content (AvgIpc) is 2.90. The van der Waals surface area contributed by atoms with Crippen molar-refractivity contribution in [2.75, 3.05) is 0 Å². The predicted molar refractivity (Wildman–Crippen MR) is 90.0 cm³/mol. The number of aromatic nitrogens is 3. The minimum atomic E-state index is 0.288. The molecule has 3 rings (SSSR count). The van der Waals surface area contributed by atoms with Crippen molar-refractivity contribution in [3.05, 3.63) is 71.0 Å². The molecule has 0 fully saturated rings. The van der Waals surface area contributed by atoms with E-state index in [0.29, 0.717) is 5.02 Å². The fourth-order valence-electron chi connectivity index (χ4n) is 2.71. The molecule has 0 saturated heterocycles. The maximum Gasteiger partial charge on any atom is 0.165 e. The van der Waals surface area contributed by atoms with Crippen LogP contribution >= 0.6 is 11.6 Å². The first kappa shape index (κ1) is 14.8. The Morgan fingerprint density at radius 2 is 1.68 bits per heavy atom. The zero-order valence-corrected chi connectivity index (χ0v) is 13.5. The summed E-state index contributed by atoms with van der Waals surface area (Å²) in [5, 5.41) is 9.42. The van der Waals surface area contributed by atoms with Gasteiger partial charge in [0, 0.05) is 18.5 Å². The highest BCUT2D eigenvalue weighted by molar-refractivity contribution is 6.33. The van der Waals surface area contributed by atoms with Crippen molar-refractivity contribution >= 4 is 11.6 Å². The van der Waals surface area contributed by atoms with E-state index in [9.17, 15) is 0 Å². The van der Waals surface area contributed by atoms with Gasteiger partial charge in [-0.2, -0.15) is 0 Å². The van der Waals surface area contributed by atoms with Gasteiger partial charge in [-0.3, -0.25) is 0 Å². The van der Waals surface area contributed by atoms with Crippen LogP contribution in [-0.2, 0) is 13.5 Å². The van der Waals surface area contributed by atoms with Gasteiger partial charge in [0.05, 0.1) is 5.02 Å². The van der Waals surface area contributed by atoms with Gasteiger partial charge in [-0.15, -0.1) is 10.2 Å². The zero-order chi connectivity index (χ0) is 15.5. The lowest BCUT2D eigenvalue weighted by atomic mass is 10.0. The van der Waals surface area contributed by atoms with Crippen LogP contribution in [0, 0.1) is 0 Å². The minimum Gasteiger partial charge on any atom is -0.314 e. The second-order valence-electron chi connectivity index (χ2n) is 5.51. The van der Waals surface area contributed by atoms with E-state index in [-0.39, 0.29) is 5.92 Å². The van der Waals surface area contributed by atoms with Crippen LogP contribution in [0.15, 0.2) is 54.6 Å². The van der Waals surface area contributed by atoms with E-state index in [1.54, 1.807) is 0 Å². The molecule has 3 aromatic rings. The van der Waals surface area contributed by atoms with Crippen LogP contribution in [0.4, 0.5) is 0 Å². The van der Waals surface area contributed by atoms with Gasteiger partial charge < -0.3 is 4.57 Å². The smallest absolute Gasteiger partial charge is 0.165 e. The molecule has 0 N–H and O–H groups in total. The molecule has 22 heavy (non-hydrogen) atoms. The van der Waals surface area contributed by atoms with E-state index in [2.05, 4.69) is 41.4 Å². The van der Waals surface area contributed by atoms with Gasteiger partial charge in [-0.05, 0) is 24.1 Å². The number of halogens is 1. The number of hydrogen-bond acceptors (Lipinski definition) is 2. The zero-order valence-electron chi connectivity index (χ0n) is 12.7. The lowest BCUT2D eigenvalue weighted by molar-refractivity contribution is 0.656. The Morgan fingerprint density at radius 3 is 2.41 bits per heavy atom. The molecule has 3 nitrogen and oxygen atoms in total. The number of benzene rings is 2.